The van der Waals surface area contributed by atoms with Gasteiger partial charge in [-0.05, 0) is 20.8 Å². The third-order valence-electron chi connectivity index (χ3n) is 2.09. The zero-order valence-electron chi connectivity index (χ0n) is 11.6. The Balaban J connectivity index is 2.76. The van der Waals surface area contributed by atoms with Crippen molar-refractivity contribution in [3.8, 4) is 0 Å². The van der Waals surface area contributed by atoms with Crippen LogP contribution in [0, 0.1) is 0 Å². The molecule has 0 spiro atoms. The second kappa shape index (κ2) is 6.33. The number of carbonyl (C=O) groups is 1. The standard InChI is InChI=1S/C12H20N4O3/c1-12(2,3)19-11(17)16-9(6-18-4)8-5-10(13)15-7-14-8/h5,7,9H,6H2,1-4H3,(H,16,17)(H2,13,14,15). The zero-order valence-corrected chi connectivity index (χ0v) is 11.6. The maximum atomic E-state index is 11.7. The summed E-state index contributed by atoms with van der Waals surface area (Å²) in [5, 5.41) is 2.69. The van der Waals surface area contributed by atoms with Crippen LogP contribution in [-0.2, 0) is 9.47 Å². The first kappa shape index (κ1) is 15.2. The van der Waals surface area contributed by atoms with Gasteiger partial charge in [-0.15, -0.1) is 0 Å². The van der Waals surface area contributed by atoms with Crippen molar-refractivity contribution in [2.24, 2.45) is 0 Å². The highest BCUT2D eigenvalue weighted by atomic mass is 16.6. The average Bonchev–Trinajstić information content (AvgIpc) is 2.26. The molecule has 0 saturated heterocycles. The Morgan fingerprint density at radius 3 is 2.68 bits per heavy atom. The maximum Gasteiger partial charge on any atom is 0.408 e. The van der Waals surface area contributed by atoms with E-state index < -0.39 is 17.7 Å². The molecular formula is C12H20N4O3. The van der Waals surface area contributed by atoms with Crippen molar-refractivity contribution in [2.75, 3.05) is 19.5 Å². The molecule has 1 unspecified atom stereocenters. The number of hydrogen-bond acceptors (Lipinski definition) is 6. The summed E-state index contributed by atoms with van der Waals surface area (Å²) in [6, 6.07) is 1.14. The maximum absolute atomic E-state index is 11.7. The number of rotatable bonds is 4. The summed E-state index contributed by atoms with van der Waals surface area (Å²) in [6.07, 6.45) is 0.802. The molecule has 0 saturated carbocycles. The minimum Gasteiger partial charge on any atom is -0.444 e. The van der Waals surface area contributed by atoms with Crippen LogP contribution in [0.15, 0.2) is 12.4 Å². The molecule has 0 radical (unpaired) electrons. The summed E-state index contributed by atoms with van der Waals surface area (Å²) in [5.41, 5.74) is 5.60. The lowest BCUT2D eigenvalue weighted by atomic mass is 10.2. The second-order valence-corrected chi connectivity index (χ2v) is 5.02. The minimum absolute atomic E-state index is 0.260. The molecule has 0 aliphatic rings. The molecule has 1 aromatic heterocycles. The first-order chi connectivity index (χ1) is 8.81. The Morgan fingerprint density at radius 1 is 1.47 bits per heavy atom. The molecule has 19 heavy (non-hydrogen) atoms. The quantitative estimate of drug-likeness (QED) is 0.853. The number of nitrogens with one attached hydrogen (secondary N) is 1. The van der Waals surface area contributed by atoms with Crippen molar-refractivity contribution in [3.05, 3.63) is 18.1 Å². The van der Waals surface area contributed by atoms with Crippen LogP contribution in [0.25, 0.3) is 0 Å². The van der Waals surface area contributed by atoms with E-state index in [1.165, 1.54) is 13.4 Å². The van der Waals surface area contributed by atoms with Crippen LogP contribution < -0.4 is 11.1 Å². The minimum atomic E-state index is -0.563. The molecule has 1 atom stereocenters. The van der Waals surface area contributed by atoms with E-state index in [0.29, 0.717) is 11.5 Å². The number of methoxy groups -OCH3 is 1. The molecule has 0 aliphatic heterocycles. The van der Waals surface area contributed by atoms with E-state index in [1.54, 1.807) is 26.8 Å². The van der Waals surface area contributed by atoms with Gasteiger partial charge in [0.1, 0.15) is 17.7 Å². The number of hydrogen-bond donors (Lipinski definition) is 2. The number of anilines is 1. The fourth-order valence-corrected chi connectivity index (χ4v) is 1.40. The molecule has 1 amide bonds. The second-order valence-electron chi connectivity index (χ2n) is 5.02. The Morgan fingerprint density at radius 2 is 2.16 bits per heavy atom. The lowest BCUT2D eigenvalue weighted by Gasteiger charge is -2.23. The topological polar surface area (TPSA) is 99.4 Å². The van der Waals surface area contributed by atoms with Gasteiger partial charge in [-0.2, -0.15) is 0 Å². The van der Waals surface area contributed by atoms with Gasteiger partial charge < -0.3 is 20.5 Å². The van der Waals surface area contributed by atoms with Crippen LogP contribution in [0.5, 0.6) is 0 Å². The fourth-order valence-electron chi connectivity index (χ4n) is 1.40. The van der Waals surface area contributed by atoms with Gasteiger partial charge in [0, 0.05) is 13.2 Å². The van der Waals surface area contributed by atoms with E-state index in [4.69, 9.17) is 15.2 Å². The van der Waals surface area contributed by atoms with Gasteiger partial charge in [0.05, 0.1) is 18.3 Å². The number of alkyl carbamates (subject to hydrolysis) is 1. The van der Waals surface area contributed by atoms with Crippen LogP contribution in [0.1, 0.15) is 32.5 Å². The molecular weight excluding hydrogens is 248 g/mol. The van der Waals surface area contributed by atoms with Crippen molar-refractivity contribution >= 4 is 11.9 Å². The van der Waals surface area contributed by atoms with Gasteiger partial charge in [0.15, 0.2) is 0 Å². The van der Waals surface area contributed by atoms with Gasteiger partial charge in [0.25, 0.3) is 0 Å². The van der Waals surface area contributed by atoms with Gasteiger partial charge >= 0.3 is 6.09 Å². The molecule has 0 fully saturated rings. The Bertz CT molecular complexity index is 431. The van der Waals surface area contributed by atoms with E-state index in [2.05, 4.69) is 15.3 Å². The van der Waals surface area contributed by atoms with Crippen LogP contribution >= 0.6 is 0 Å². The highest BCUT2D eigenvalue weighted by Gasteiger charge is 2.21. The summed E-state index contributed by atoms with van der Waals surface area (Å²) in [6.45, 7) is 5.64. The summed E-state index contributed by atoms with van der Waals surface area (Å²) >= 11 is 0. The van der Waals surface area contributed by atoms with Crippen molar-refractivity contribution in [1.82, 2.24) is 15.3 Å². The normalized spacial score (nSPS) is 12.8. The molecule has 1 heterocycles. The van der Waals surface area contributed by atoms with Crippen LogP contribution in [0.3, 0.4) is 0 Å². The monoisotopic (exact) mass is 268 g/mol. The SMILES string of the molecule is COCC(NC(=O)OC(C)(C)C)c1cc(N)ncn1. The zero-order chi connectivity index (χ0) is 14.5. The molecule has 0 aromatic carbocycles. The molecule has 7 heteroatoms. The van der Waals surface area contributed by atoms with Gasteiger partial charge in [-0.25, -0.2) is 14.8 Å². The van der Waals surface area contributed by atoms with E-state index in [1.807, 2.05) is 0 Å². The van der Waals surface area contributed by atoms with Crippen LogP contribution in [-0.4, -0.2) is 35.4 Å². The van der Waals surface area contributed by atoms with Gasteiger partial charge in [-0.1, -0.05) is 0 Å². The number of ether oxygens (including phenoxy) is 2. The summed E-state index contributed by atoms with van der Waals surface area (Å²) < 4.78 is 10.2. The average molecular weight is 268 g/mol. The smallest absolute Gasteiger partial charge is 0.408 e. The number of nitrogen functional groups attached to an aromatic ring is 1. The Labute approximate surface area is 112 Å². The van der Waals surface area contributed by atoms with Gasteiger partial charge in [-0.3, -0.25) is 0 Å². The predicted molar refractivity (Wildman–Crippen MR) is 70.4 cm³/mol. The van der Waals surface area contributed by atoms with Crippen molar-refractivity contribution < 1.29 is 14.3 Å². The number of nitrogens with zero attached hydrogens (tertiary/aromatic N) is 2. The van der Waals surface area contributed by atoms with Crippen LogP contribution in [0.2, 0.25) is 0 Å². The van der Waals surface area contributed by atoms with E-state index in [0.717, 1.165) is 0 Å². The third kappa shape index (κ3) is 5.52. The molecule has 1 rings (SSSR count). The van der Waals surface area contributed by atoms with E-state index >= 15 is 0 Å². The number of carbonyl (C=O) groups excluding carboxylic acids is 1. The van der Waals surface area contributed by atoms with E-state index in [-0.39, 0.29) is 6.61 Å². The molecule has 1 aromatic rings. The lowest BCUT2D eigenvalue weighted by Crippen LogP contribution is -2.37. The molecule has 7 nitrogen and oxygen atoms in total. The molecule has 3 N–H and O–H groups in total. The van der Waals surface area contributed by atoms with E-state index in [9.17, 15) is 4.79 Å². The summed E-state index contributed by atoms with van der Waals surface area (Å²) in [5.74, 6) is 0.331. The van der Waals surface area contributed by atoms with Gasteiger partial charge in [0.2, 0.25) is 0 Å². The molecule has 0 bridgehead atoms. The first-order valence-corrected chi connectivity index (χ1v) is 5.87. The predicted octanol–water partition coefficient (Wildman–Crippen LogP) is 1.27. The van der Waals surface area contributed by atoms with Crippen LogP contribution in [0.4, 0.5) is 10.6 Å². The third-order valence-corrected chi connectivity index (χ3v) is 2.09. The lowest BCUT2D eigenvalue weighted by molar-refractivity contribution is 0.0466. The first-order valence-electron chi connectivity index (χ1n) is 5.87. The summed E-state index contributed by atoms with van der Waals surface area (Å²) in [4.78, 5) is 19.6. The highest BCUT2D eigenvalue weighted by Crippen LogP contribution is 2.14. The Hall–Kier alpha value is -1.89. The fraction of sp³-hybridized carbons (Fsp3) is 0.583. The van der Waals surface area contributed by atoms with Crippen molar-refractivity contribution in [1.29, 1.82) is 0 Å². The summed E-state index contributed by atoms with van der Waals surface area (Å²) in [7, 11) is 1.54. The largest absolute Gasteiger partial charge is 0.444 e. The molecule has 0 aliphatic carbocycles. The number of amides is 1. The molecule has 106 valence electrons. The number of nitrogens with two attached hydrogens (primary N) is 1. The Kier molecular flexibility index (Phi) is 5.05. The highest BCUT2D eigenvalue weighted by molar-refractivity contribution is 5.68. The number of aromatic nitrogens is 2. The van der Waals surface area contributed by atoms with Crippen molar-refractivity contribution in [2.45, 2.75) is 32.4 Å². The van der Waals surface area contributed by atoms with Crippen molar-refractivity contribution in [3.63, 3.8) is 0 Å².